The molecule has 1 aromatic carbocycles. The van der Waals surface area contributed by atoms with E-state index in [1.807, 2.05) is 13.0 Å². The number of hydrogen-bond donors (Lipinski definition) is 0. The first-order valence-corrected chi connectivity index (χ1v) is 5.20. The normalized spacial score (nSPS) is 25.7. The monoisotopic (exact) mass is 238 g/mol. The number of aldehydes is 1. The summed E-state index contributed by atoms with van der Waals surface area (Å²) in [7, 11) is 0. The Labute approximate surface area is 86.3 Å². The summed E-state index contributed by atoms with van der Waals surface area (Å²) in [5, 5.41) is 0. The molecule has 0 amide bonds. The second kappa shape index (κ2) is 2.95. The molecule has 2 heteroatoms. The van der Waals surface area contributed by atoms with Crippen LogP contribution in [0.5, 0.6) is 0 Å². The van der Waals surface area contributed by atoms with Crippen molar-refractivity contribution in [2.75, 3.05) is 0 Å². The lowest BCUT2D eigenvalue weighted by molar-refractivity contribution is -0.112. The van der Waals surface area contributed by atoms with Gasteiger partial charge in [-0.05, 0) is 43.0 Å². The zero-order chi connectivity index (χ0) is 9.47. The van der Waals surface area contributed by atoms with Crippen molar-refractivity contribution in [3.8, 4) is 0 Å². The molecule has 0 aliphatic heterocycles. The molecule has 0 saturated carbocycles. The number of hydrogen-bond acceptors (Lipinski definition) is 1. The number of rotatable bonds is 1. The summed E-state index contributed by atoms with van der Waals surface area (Å²) in [6.07, 6.45) is 3.04. The first-order valence-electron chi connectivity index (χ1n) is 4.41. The third-order valence-electron chi connectivity index (χ3n) is 2.86. The average Bonchev–Trinajstić information content (AvgIpc) is 2.45. The molecule has 2 rings (SSSR count). The summed E-state index contributed by atoms with van der Waals surface area (Å²) in [6.45, 7) is 2.01. The molecular formula is C11H11BrO. The van der Waals surface area contributed by atoms with Crippen LogP contribution < -0.4 is 0 Å². The highest BCUT2D eigenvalue weighted by molar-refractivity contribution is 9.10. The highest BCUT2D eigenvalue weighted by Gasteiger charge is 2.33. The molecule has 0 radical (unpaired) electrons. The molecule has 0 spiro atoms. The van der Waals surface area contributed by atoms with Crippen molar-refractivity contribution in [3.05, 3.63) is 33.8 Å². The van der Waals surface area contributed by atoms with Crippen LogP contribution in [0.15, 0.2) is 22.7 Å². The summed E-state index contributed by atoms with van der Waals surface area (Å²) < 4.78 is 1.10. The van der Waals surface area contributed by atoms with Gasteiger partial charge in [0.15, 0.2) is 0 Å². The Hall–Kier alpha value is -0.630. The van der Waals surface area contributed by atoms with Crippen LogP contribution in [0.2, 0.25) is 0 Å². The molecule has 0 heterocycles. The number of benzene rings is 1. The molecule has 1 unspecified atom stereocenters. The molecule has 1 aliphatic carbocycles. The van der Waals surface area contributed by atoms with Gasteiger partial charge in [0, 0.05) is 9.89 Å². The molecule has 1 atom stereocenters. The molecule has 1 aliphatic rings. The van der Waals surface area contributed by atoms with Gasteiger partial charge in [-0.1, -0.05) is 22.0 Å². The SMILES string of the molecule is CC1(C=O)CCc2cc(Br)ccc21. The Morgan fingerprint density at radius 3 is 3.00 bits per heavy atom. The summed E-state index contributed by atoms with van der Waals surface area (Å²) >= 11 is 3.44. The van der Waals surface area contributed by atoms with Crippen LogP contribution in [-0.2, 0) is 16.6 Å². The van der Waals surface area contributed by atoms with Crippen molar-refractivity contribution in [3.63, 3.8) is 0 Å². The topological polar surface area (TPSA) is 17.1 Å². The van der Waals surface area contributed by atoms with Gasteiger partial charge in [-0.25, -0.2) is 0 Å². The molecule has 0 N–H and O–H groups in total. The number of carbonyl (C=O) groups excluding carboxylic acids is 1. The van der Waals surface area contributed by atoms with Gasteiger partial charge in [0.1, 0.15) is 6.29 Å². The largest absolute Gasteiger partial charge is 0.302 e. The van der Waals surface area contributed by atoms with Gasteiger partial charge < -0.3 is 4.79 Å². The van der Waals surface area contributed by atoms with E-state index in [9.17, 15) is 4.79 Å². The number of halogens is 1. The minimum atomic E-state index is -0.240. The van der Waals surface area contributed by atoms with Crippen molar-refractivity contribution in [2.45, 2.75) is 25.2 Å². The Morgan fingerprint density at radius 1 is 1.54 bits per heavy atom. The summed E-state index contributed by atoms with van der Waals surface area (Å²) in [5.41, 5.74) is 2.27. The van der Waals surface area contributed by atoms with E-state index in [-0.39, 0.29) is 5.41 Å². The Balaban J connectivity index is 2.55. The molecule has 0 aromatic heterocycles. The highest BCUT2D eigenvalue weighted by atomic mass is 79.9. The van der Waals surface area contributed by atoms with Gasteiger partial charge in [-0.15, -0.1) is 0 Å². The first-order chi connectivity index (χ1) is 6.15. The zero-order valence-electron chi connectivity index (χ0n) is 7.51. The van der Waals surface area contributed by atoms with Crippen molar-refractivity contribution >= 4 is 22.2 Å². The maximum atomic E-state index is 11.0. The van der Waals surface area contributed by atoms with E-state index >= 15 is 0 Å². The van der Waals surface area contributed by atoms with Crippen molar-refractivity contribution in [1.82, 2.24) is 0 Å². The molecule has 0 bridgehead atoms. The molecule has 1 aromatic rings. The molecule has 0 saturated heterocycles. The zero-order valence-corrected chi connectivity index (χ0v) is 9.10. The van der Waals surface area contributed by atoms with Gasteiger partial charge in [-0.3, -0.25) is 0 Å². The highest BCUT2D eigenvalue weighted by Crippen LogP contribution is 2.38. The summed E-state index contributed by atoms with van der Waals surface area (Å²) in [4.78, 5) is 11.0. The lowest BCUT2D eigenvalue weighted by Crippen LogP contribution is -2.19. The number of fused-ring (bicyclic) bond motifs is 1. The third-order valence-corrected chi connectivity index (χ3v) is 3.35. The van der Waals surface area contributed by atoms with Gasteiger partial charge >= 0.3 is 0 Å². The van der Waals surface area contributed by atoms with E-state index in [0.29, 0.717) is 0 Å². The molecule has 13 heavy (non-hydrogen) atoms. The van der Waals surface area contributed by atoms with Gasteiger partial charge in [0.05, 0.1) is 0 Å². The summed E-state index contributed by atoms with van der Waals surface area (Å²) in [5.74, 6) is 0. The fourth-order valence-electron chi connectivity index (χ4n) is 1.98. The minimum absolute atomic E-state index is 0.240. The fraction of sp³-hybridized carbons (Fsp3) is 0.364. The Morgan fingerprint density at radius 2 is 2.31 bits per heavy atom. The standard InChI is InChI=1S/C11H11BrO/c1-11(7-13)5-4-8-6-9(12)2-3-10(8)11/h2-3,6-7H,4-5H2,1H3. The predicted octanol–water partition coefficient (Wildman–Crippen LogP) is 2.85. The second-order valence-corrected chi connectivity index (χ2v) is 4.75. The van der Waals surface area contributed by atoms with Crippen LogP contribution in [0.4, 0.5) is 0 Å². The van der Waals surface area contributed by atoms with Crippen LogP contribution in [0.25, 0.3) is 0 Å². The molecule has 1 nitrogen and oxygen atoms in total. The van der Waals surface area contributed by atoms with Crippen molar-refractivity contribution in [2.24, 2.45) is 0 Å². The number of aryl methyl sites for hydroxylation is 1. The Bertz CT molecular complexity index is 359. The van der Waals surface area contributed by atoms with E-state index in [0.717, 1.165) is 23.6 Å². The van der Waals surface area contributed by atoms with Gasteiger partial charge in [0.2, 0.25) is 0 Å². The average molecular weight is 239 g/mol. The quantitative estimate of drug-likeness (QED) is 0.688. The number of carbonyl (C=O) groups is 1. The van der Waals surface area contributed by atoms with Crippen LogP contribution in [-0.4, -0.2) is 6.29 Å². The minimum Gasteiger partial charge on any atom is -0.302 e. The summed E-state index contributed by atoms with van der Waals surface area (Å²) in [6, 6.07) is 6.18. The van der Waals surface area contributed by atoms with Crippen molar-refractivity contribution in [1.29, 1.82) is 0 Å². The van der Waals surface area contributed by atoms with E-state index in [1.54, 1.807) is 0 Å². The van der Waals surface area contributed by atoms with Gasteiger partial charge in [-0.2, -0.15) is 0 Å². The smallest absolute Gasteiger partial charge is 0.130 e. The lowest BCUT2D eigenvalue weighted by atomic mass is 9.86. The molecular weight excluding hydrogens is 228 g/mol. The van der Waals surface area contributed by atoms with Crippen LogP contribution >= 0.6 is 15.9 Å². The molecule has 0 fully saturated rings. The Kier molecular flexibility index (Phi) is 2.03. The van der Waals surface area contributed by atoms with E-state index in [4.69, 9.17) is 0 Å². The van der Waals surface area contributed by atoms with E-state index in [1.165, 1.54) is 11.1 Å². The second-order valence-electron chi connectivity index (χ2n) is 3.84. The van der Waals surface area contributed by atoms with Crippen molar-refractivity contribution < 1.29 is 4.79 Å². The van der Waals surface area contributed by atoms with E-state index in [2.05, 4.69) is 28.1 Å². The van der Waals surface area contributed by atoms with Gasteiger partial charge in [0.25, 0.3) is 0 Å². The third kappa shape index (κ3) is 1.33. The van der Waals surface area contributed by atoms with Crippen LogP contribution in [0, 0.1) is 0 Å². The lowest BCUT2D eigenvalue weighted by Gasteiger charge is -2.16. The fourth-order valence-corrected chi connectivity index (χ4v) is 2.39. The van der Waals surface area contributed by atoms with E-state index < -0.39 is 0 Å². The van der Waals surface area contributed by atoms with Crippen LogP contribution in [0.3, 0.4) is 0 Å². The van der Waals surface area contributed by atoms with Crippen LogP contribution in [0.1, 0.15) is 24.5 Å². The molecule has 68 valence electrons. The predicted molar refractivity (Wildman–Crippen MR) is 55.9 cm³/mol. The maximum absolute atomic E-state index is 11.0. The maximum Gasteiger partial charge on any atom is 0.130 e. The first kappa shape index (κ1) is 8.95.